The Hall–Kier alpha value is -4.20. The second-order valence-electron chi connectivity index (χ2n) is 6.46. The summed E-state index contributed by atoms with van der Waals surface area (Å²) in [7, 11) is 0. The maximum Gasteiger partial charge on any atom is 0.265 e. The van der Waals surface area contributed by atoms with Crippen LogP contribution >= 0.6 is 0 Å². The van der Waals surface area contributed by atoms with Gasteiger partial charge in [-0.1, -0.05) is 18.2 Å². The van der Waals surface area contributed by atoms with Crippen molar-refractivity contribution < 1.29 is 4.98 Å². The van der Waals surface area contributed by atoms with Crippen LogP contribution in [0.2, 0.25) is 0 Å². The number of aromatic amines is 1. The molecule has 0 aliphatic heterocycles. The van der Waals surface area contributed by atoms with E-state index in [4.69, 9.17) is 9.97 Å². The second-order valence-corrected chi connectivity index (χ2v) is 6.46. The zero-order chi connectivity index (χ0) is 19.8. The summed E-state index contributed by atoms with van der Waals surface area (Å²) in [6.07, 6.45) is 8.47. The van der Waals surface area contributed by atoms with E-state index in [0.717, 1.165) is 11.1 Å². The van der Waals surface area contributed by atoms with Crippen LogP contribution in [0.1, 0.15) is 5.56 Å². The molecule has 140 valence electrons. The van der Waals surface area contributed by atoms with E-state index in [0.29, 0.717) is 34.3 Å². The summed E-state index contributed by atoms with van der Waals surface area (Å²) in [5.41, 5.74) is 3.51. The third-order valence-corrected chi connectivity index (χ3v) is 4.60. The lowest BCUT2D eigenvalue weighted by atomic mass is 10.3. The fourth-order valence-corrected chi connectivity index (χ4v) is 3.24. The van der Waals surface area contributed by atoms with Crippen LogP contribution in [0.15, 0.2) is 77.7 Å². The van der Waals surface area contributed by atoms with Crippen LogP contribution in [0, 0.1) is 0 Å². The van der Waals surface area contributed by atoms with Crippen molar-refractivity contribution in [3.05, 3.63) is 83.7 Å². The van der Waals surface area contributed by atoms with Crippen LogP contribution in [0.4, 0.5) is 0 Å². The van der Waals surface area contributed by atoms with E-state index in [9.17, 15) is 4.79 Å². The average molecular weight is 382 g/mol. The molecule has 0 aliphatic rings. The first kappa shape index (κ1) is 16.9. The molecule has 8 heteroatoms. The molecule has 5 rings (SSSR count). The van der Waals surface area contributed by atoms with Gasteiger partial charge in [0, 0.05) is 24.2 Å². The first-order chi connectivity index (χ1) is 14.3. The van der Waals surface area contributed by atoms with Crippen LogP contribution in [0.3, 0.4) is 0 Å². The molecule has 1 N–H and O–H groups in total. The van der Waals surface area contributed by atoms with E-state index >= 15 is 0 Å². The number of H-pyrrole nitrogens is 1. The van der Waals surface area contributed by atoms with Crippen LogP contribution in [0.5, 0.6) is 0 Å². The lowest BCUT2D eigenvalue weighted by Crippen LogP contribution is -2.19. The van der Waals surface area contributed by atoms with Crippen molar-refractivity contribution in [3.63, 3.8) is 0 Å². The number of nitrogens with zero attached hydrogens (tertiary/aromatic N) is 6. The molecule has 0 bridgehead atoms. The molecule has 29 heavy (non-hydrogen) atoms. The summed E-state index contributed by atoms with van der Waals surface area (Å²) in [4.78, 5) is 30.0. The van der Waals surface area contributed by atoms with Gasteiger partial charge in [-0.25, -0.2) is 19.9 Å². The van der Waals surface area contributed by atoms with E-state index in [1.807, 2.05) is 48.8 Å². The Balaban J connectivity index is 1.87. The molecule has 0 saturated heterocycles. The lowest BCUT2D eigenvalue weighted by Gasteiger charge is -2.01. The highest BCUT2D eigenvalue weighted by molar-refractivity contribution is 6.04. The van der Waals surface area contributed by atoms with Crippen LogP contribution in [0.25, 0.3) is 33.2 Å². The summed E-state index contributed by atoms with van der Waals surface area (Å²) >= 11 is 0. The van der Waals surface area contributed by atoms with Crippen molar-refractivity contribution in [1.82, 2.24) is 24.2 Å². The molecule has 0 fully saturated rings. The van der Waals surface area contributed by atoms with Crippen molar-refractivity contribution in [1.29, 1.82) is 0 Å². The molecule has 8 nitrogen and oxygen atoms in total. The number of hydrogen-bond donors (Lipinski definition) is 0. The molecule has 0 spiro atoms. The Labute approximate surface area is 164 Å². The Morgan fingerprint density at radius 2 is 1.83 bits per heavy atom. The van der Waals surface area contributed by atoms with Gasteiger partial charge in [-0.05, 0) is 12.1 Å². The molecule has 0 radical (unpaired) electrons. The van der Waals surface area contributed by atoms with Crippen molar-refractivity contribution in [2.45, 2.75) is 6.54 Å². The summed E-state index contributed by atoms with van der Waals surface area (Å²) in [5.74, 6) is 0. The van der Waals surface area contributed by atoms with E-state index < -0.39 is 0 Å². The van der Waals surface area contributed by atoms with Crippen molar-refractivity contribution in [2.75, 3.05) is 0 Å². The van der Waals surface area contributed by atoms with Gasteiger partial charge in [-0.2, -0.15) is 9.78 Å². The van der Waals surface area contributed by atoms with Gasteiger partial charge in [0.2, 0.25) is 0 Å². The number of allylic oxidation sites excluding steroid dienone is 1. The molecule has 4 heterocycles. The predicted molar refractivity (Wildman–Crippen MR) is 111 cm³/mol. The van der Waals surface area contributed by atoms with Gasteiger partial charge in [0.1, 0.15) is 17.2 Å². The van der Waals surface area contributed by atoms with Gasteiger partial charge in [0.15, 0.2) is 23.7 Å². The van der Waals surface area contributed by atoms with Crippen molar-refractivity contribution in [3.8, 4) is 0 Å². The summed E-state index contributed by atoms with van der Waals surface area (Å²) in [6, 6.07) is 11.3. The second kappa shape index (κ2) is 6.75. The summed E-state index contributed by atoms with van der Waals surface area (Å²) in [5, 5.41) is 4.95. The minimum atomic E-state index is -0.201. The largest absolute Gasteiger partial charge is 0.295 e. The van der Waals surface area contributed by atoms with E-state index in [2.05, 4.69) is 21.6 Å². The molecule has 0 atom stereocenters. The standard InChI is InChI=1S/C21H15N7O/c1-2-11-27-13-23-19-17(21(27)29)18-20(26-16-6-4-3-5-15(16)25-18)28(19)24-12-14-7-9-22-10-8-14/h2-10,12-13H,1,11H2/p+1. The van der Waals surface area contributed by atoms with Crippen LogP contribution in [-0.2, 0) is 6.54 Å². The molecular weight excluding hydrogens is 366 g/mol. The van der Waals surface area contributed by atoms with Crippen LogP contribution in [-0.4, -0.2) is 30.4 Å². The van der Waals surface area contributed by atoms with Gasteiger partial charge in [0.05, 0.1) is 17.2 Å². The summed E-state index contributed by atoms with van der Waals surface area (Å²) in [6.45, 7) is 4.06. The fourth-order valence-electron chi connectivity index (χ4n) is 3.24. The molecule has 4 aromatic heterocycles. The smallest absolute Gasteiger partial charge is 0.265 e. The number of rotatable bonds is 4. The Morgan fingerprint density at radius 3 is 2.59 bits per heavy atom. The van der Waals surface area contributed by atoms with E-state index in [1.165, 1.54) is 10.9 Å². The minimum absolute atomic E-state index is 0.201. The zero-order valence-electron chi connectivity index (χ0n) is 15.4. The number of hydrogen-bond acceptors (Lipinski definition) is 5. The molecule has 5 aromatic rings. The molecular formula is C21H16N7O+. The number of aromatic nitrogens is 6. The van der Waals surface area contributed by atoms with Gasteiger partial charge < -0.3 is 0 Å². The number of pyridine rings is 1. The van der Waals surface area contributed by atoms with Gasteiger partial charge in [0.25, 0.3) is 5.56 Å². The quantitative estimate of drug-likeness (QED) is 0.352. The highest BCUT2D eigenvalue weighted by Gasteiger charge is 2.19. The third kappa shape index (κ3) is 2.78. The fraction of sp³-hybridized carbons (Fsp3) is 0.0476. The molecule has 0 aliphatic carbocycles. The normalized spacial score (nSPS) is 11.7. The maximum atomic E-state index is 13.1. The molecule has 0 saturated carbocycles. The van der Waals surface area contributed by atoms with Crippen molar-refractivity contribution in [2.24, 2.45) is 5.10 Å². The van der Waals surface area contributed by atoms with Crippen LogP contribution < -0.4 is 10.5 Å². The van der Waals surface area contributed by atoms with Gasteiger partial charge >= 0.3 is 0 Å². The molecule has 0 unspecified atom stereocenters. The van der Waals surface area contributed by atoms with Gasteiger partial charge in [-0.3, -0.25) is 9.36 Å². The molecule has 1 aromatic carbocycles. The summed E-state index contributed by atoms with van der Waals surface area (Å²) < 4.78 is 3.06. The predicted octanol–water partition coefficient (Wildman–Crippen LogP) is 2.18. The van der Waals surface area contributed by atoms with E-state index in [1.54, 1.807) is 17.0 Å². The Kier molecular flexibility index (Phi) is 3.94. The van der Waals surface area contributed by atoms with Gasteiger partial charge in [-0.15, -0.1) is 6.58 Å². The first-order valence-corrected chi connectivity index (χ1v) is 9.04. The number of fused-ring (bicyclic) bond motifs is 4. The highest BCUT2D eigenvalue weighted by atomic mass is 16.1. The third-order valence-electron chi connectivity index (χ3n) is 4.60. The Morgan fingerprint density at radius 1 is 1.07 bits per heavy atom. The number of para-hydroxylation sites is 2. The first-order valence-electron chi connectivity index (χ1n) is 9.04. The Bertz CT molecular complexity index is 1470. The lowest BCUT2D eigenvalue weighted by molar-refractivity contribution is -0.378. The molecule has 0 amide bonds. The number of benzene rings is 1. The SMILES string of the molecule is C=CCn1cnc2c(c1=O)c1nc3ccccc3nc1n2N=Cc1cc[nH+]cc1. The topological polar surface area (TPSA) is 92.1 Å². The monoisotopic (exact) mass is 382 g/mol. The zero-order valence-corrected chi connectivity index (χ0v) is 15.4. The van der Waals surface area contributed by atoms with E-state index in [-0.39, 0.29) is 5.56 Å². The highest BCUT2D eigenvalue weighted by Crippen LogP contribution is 2.24. The van der Waals surface area contributed by atoms with Crippen molar-refractivity contribution >= 4 is 39.4 Å². The maximum absolute atomic E-state index is 13.1. The minimum Gasteiger partial charge on any atom is -0.295 e. The number of nitrogens with one attached hydrogen (secondary N) is 1. The average Bonchev–Trinajstić information content (AvgIpc) is 3.06.